The summed E-state index contributed by atoms with van der Waals surface area (Å²) in [5.41, 5.74) is 4.98. The Hall–Kier alpha value is -3.34. The summed E-state index contributed by atoms with van der Waals surface area (Å²) >= 11 is 0. The van der Waals surface area contributed by atoms with Crippen LogP contribution in [0.4, 0.5) is 0 Å². The maximum Gasteiger partial charge on any atom is 0.344 e. The lowest BCUT2D eigenvalue weighted by molar-refractivity contribution is -0.153. The van der Waals surface area contributed by atoms with Crippen LogP contribution >= 0.6 is 0 Å². The number of carbonyl (C=O) groups excluding carboxylic acids is 1. The molecule has 4 aliphatic rings. The van der Waals surface area contributed by atoms with Gasteiger partial charge in [0.1, 0.15) is 17.4 Å². The Bertz CT molecular complexity index is 1800. The topological polar surface area (TPSA) is 65.7 Å². The van der Waals surface area contributed by atoms with Gasteiger partial charge in [-0.2, -0.15) is 0 Å². The number of aryl methyl sites for hydroxylation is 1. The zero-order valence-corrected chi connectivity index (χ0v) is 32.0. The Morgan fingerprint density at radius 1 is 0.961 bits per heavy atom. The number of hydrogen-bond donors (Lipinski definition) is 0. The fourth-order valence-corrected chi connectivity index (χ4v) is 11.6. The highest BCUT2D eigenvalue weighted by Crippen LogP contribution is 2.67. The molecule has 8 atom stereocenters. The van der Waals surface area contributed by atoms with Gasteiger partial charge < -0.3 is 13.9 Å². The second kappa shape index (κ2) is 14.6. The summed E-state index contributed by atoms with van der Waals surface area (Å²) in [6.45, 7) is 14.3. The molecule has 0 aliphatic heterocycles. The third-order valence-corrected chi connectivity index (χ3v) is 14.4. The molecule has 2 aromatic carbocycles. The summed E-state index contributed by atoms with van der Waals surface area (Å²) in [5, 5.41) is 0.866. The van der Waals surface area contributed by atoms with Crippen molar-refractivity contribution in [3.63, 3.8) is 0 Å². The average Bonchev–Trinajstić information content (AvgIpc) is 3.47. The van der Waals surface area contributed by atoms with Crippen molar-refractivity contribution in [2.24, 2.45) is 46.3 Å². The fraction of sp³-hybridized carbons (Fsp3) is 0.609. The standard InChI is InChI=1S/C46H60O5/c1-29(2)11-10-12-30(3)39-19-20-40-37-17-15-33-26-35(21-23-45(33,5)41(37)22-24-46(39,40)6)50-43(47)28-49-34-16-18-36-31(4)38(44(48)51-42(36)27-34)25-32-13-8-7-9-14-32/h7-9,13-16,18,27,29-30,35,37,39-41H,10-12,17,19-26,28H2,1-6H3/t30-,35+,37+,39-,40-,41+,45+,46-/m1/s1. The van der Waals surface area contributed by atoms with E-state index >= 15 is 0 Å². The van der Waals surface area contributed by atoms with E-state index in [1.165, 1.54) is 56.9 Å². The van der Waals surface area contributed by atoms with Gasteiger partial charge in [0.15, 0.2) is 6.61 Å². The molecule has 274 valence electrons. The maximum absolute atomic E-state index is 13.0. The molecule has 0 amide bonds. The third-order valence-electron chi connectivity index (χ3n) is 14.4. The SMILES string of the molecule is Cc1c(Cc2ccccc2)c(=O)oc2cc(OCC(=O)O[C@H]3CC[C@@]4(C)C(=CC[C@H]5[C@H]6CC[C@H]([C@H](C)CCCC(C)C)[C@@]6(C)CC[C@@H]54)C3)ccc12. The minimum absolute atomic E-state index is 0.103. The van der Waals surface area contributed by atoms with Crippen LogP contribution in [0, 0.1) is 53.3 Å². The summed E-state index contributed by atoms with van der Waals surface area (Å²) in [6, 6.07) is 15.4. The molecule has 0 bridgehead atoms. The molecular formula is C46H60O5. The summed E-state index contributed by atoms with van der Waals surface area (Å²) in [4.78, 5) is 26.0. The first-order valence-electron chi connectivity index (χ1n) is 20.1. The van der Waals surface area contributed by atoms with Gasteiger partial charge in [0.25, 0.3) is 0 Å². The van der Waals surface area contributed by atoms with Crippen LogP contribution in [0.15, 0.2) is 69.4 Å². The quantitative estimate of drug-likeness (QED) is 0.114. The number of carbonyl (C=O) groups is 1. The molecular weight excluding hydrogens is 633 g/mol. The molecule has 0 spiro atoms. The van der Waals surface area contributed by atoms with Crippen LogP contribution in [0.1, 0.15) is 122 Å². The first-order chi connectivity index (χ1) is 24.5. The molecule has 3 aromatic rings. The van der Waals surface area contributed by atoms with Crippen molar-refractivity contribution in [2.45, 2.75) is 125 Å². The van der Waals surface area contributed by atoms with Crippen molar-refractivity contribution in [1.82, 2.24) is 0 Å². The van der Waals surface area contributed by atoms with E-state index in [4.69, 9.17) is 13.9 Å². The van der Waals surface area contributed by atoms with Gasteiger partial charge in [-0.05, 0) is 121 Å². The Morgan fingerprint density at radius 2 is 1.76 bits per heavy atom. The van der Waals surface area contributed by atoms with Gasteiger partial charge in [-0.1, -0.05) is 95.9 Å². The van der Waals surface area contributed by atoms with Crippen molar-refractivity contribution in [2.75, 3.05) is 6.61 Å². The second-order valence-electron chi connectivity index (χ2n) is 17.7. The van der Waals surface area contributed by atoms with Gasteiger partial charge in [-0.25, -0.2) is 9.59 Å². The molecule has 3 saturated carbocycles. The molecule has 3 fully saturated rings. The summed E-state index contributed by atoms with van der Waals surface area (Å²) < 4.78 is 17.6. The number of ether oxygens (including phenoxy) is 2. The Balaban J connectivity index is 0.945. The molecule has 4 aliphatic carbocycles. The first kappa shape index (κ1) is 36.0. The van der Waals surface area contributed by atoms with Crippen molar-refractivity contribution in [3.05, 3.63) is 87.3 Å². The van der Waals surface area contributed by atoms with Crippen LogP contribution in [0.2, 0.25) is 0 Å². The van der Waals surface area contributed by atoms with Gasteiger partial charge in [0.05, 0.1) is 0 Å². The van der Waals surface area contributed by atoms with E-state index in [1.807, 2.05) is 49.4 Å². The Labute approximate surface area is 305 Å². The van der Waals surface area contributed by atoms with E-state index in [0.717, 1.165) is 71.3 Å². The van der Waals surface area contributed by atoms with Crippen LogP contribution < -0.4 is 10.4 Å². The molecule has 5 nitrogen and oxygen atoms in total. The van der Waals surface area contributed by atoms with Crippen LogP contribution in [-0.2, 0) is 16.0 Å². The number of benzene rings is 2. The normalized spacial score (nSPS) is 30.6. The fourth-order valence-electron chi connectivity index (χ4n) is 11.6. The number of allylic oxidation sites excluding steroid dienone is 1. The molecule has 5 heteroatoms. The van der Waals surface area contributed by atoms with Gasteiger partial charge in [0.2, 0.25) is 0 Å². The highest BCUT2D eigenvalue weighted by Gasteiger charge is 2.59. The molecule has 51 heavy (non-hydrogen) atoms. The van der Waals surface area contributed by atoms with E-state index in [2.05, 4.69) is 40.7 Å². The van der Waals surface area contributed by atoms with Crippen LogP contribution in [0.25, 0.3) is 11.0 Å². The molecule has 7 rings (SSSR count). The number of fused-ring (bicyclic) bond motifs is 6. The minimum atomic E-state index is -0.346. The summed E-state index contributed by atoms with van der Waals surface area (Å²) in [6.07, 6.45) is 16.7. The van der Waals surface area contributed by atoms with E-state index in [-0.39, 0.29) is 29.7 Å². The Morgan fingerprint density at radius 3 is 2.55 bits per heavy atom. The van der Waals surface area contributed by atoms with Crippen LogP contribution in [0.3, 0.4) is 0 Å². The summed E-state index contributed by atoms with van der Waals surface area (Å²) in [5.74, 6) is 5.04. The number of esters is 1. The van der Waals surface area contributed by atoms with Crippen molar-refractivity contribution >= 4 is 16.9 Å². The zero-order chi connectivity index (χ0) is 35.9. The molecule has 0 radical (unpaired) electrons. The van der Waals surface area contributed by atoms with E-state index in [9.17, 15) is 9.59 Å². The van der Waals surface area contributed by atoms with E-state index in [0.29, 0.717) is 28.7 Å². The van der Waals surface area contributed by atoms with Gasteiger partial charge >= 0.3 is 11.6 Å². The van der Waals surface area contributed by atoms with Gasteiger partial charge in [-0.15, -0.1) is 0 Å². The van der Waals surface area contributed by atoms with E-state index in [1.54, 1.807) is 6.07 Å². The molecule has 1 aromatic heterocycles. The zero-order valence-electron chi connectivity index (χ0n) is 32.0. The van der Waals surface area contributed by atoms with Crippen molar-refractivity contribution in [1.29, 1.82) is 0 Å². The molecule has 0 N–H and O–H groups in total. The predicted molar refractivity (Wildman–Crippen MR) is 205 cm³/mol. The average molecular weight is 693 g/mol. The predicted octanol–water partition coefficient (Wildman–Crippen LogP) is 11.0. The lowest BCUT2D eigenvalue weighted by atomic mass is 9.47. The molecule has 0 saturated heterocycles. The van der Waals surface area contributed by atoms with Crippen LogP contribution in [0.5, 0.6) is 5.75 Å². The molecule has 0 unspecified atom stereocenters. The third kappa shape index (κ3) is 7.08. The second-order valence-corrected chi connectivity index (χ2v) is 17.7. The maximum atomic E-state index is 13.0. The minimum Gasteiger partial charge on any atom is -0.482 e. The molecule has 1 heterocycles. The number of hydrogen-bond acceptors (Lipinski definition) is 5. The number of rotatable bonds is 11. The first-order valence-corrected chi connectivity index (χ1v) is 20.1. The van der Waals surface area contributed by atoms with Crippen molar-refractivity contribution < 1.29 is 18.7 Å². The summed E-state index contributed by atoms with van der Waals surface area (Å²) in [7, 11) is 0. The Kier molecular flexibility index (Phi) is 10.3. The lowest BCUT2D eigenvalue weighted by Gasteiger charge is -2.58. The van der Waals surface area contributed by atoms with E-state index < -0.39 is 0 Å². The lowest BCUT2D eigenvalue weighted by Crippen LogP contribution is -2.51. The van der Waals surface area contributed by atoms with Crippen molar-refractivity contribution in [3.8, 4) is 5.75 Å². The largest absolute Gasteiger partial charge is 0.482 e. The highest BCUT2D eigenvalue weighted by molar-refractivity contribution is 5.82. The van der Waals surface area contributed by atoms with Gasteiger partial charge in [-0.3, -0.25) is 0 Å². The highest BCUT2D eigenvalue weighted by atomic mass is 16.6. The van der Waals surface area contributed by atoms with Gasteiger partial charge in [0, 0.05) is 29.9 Å². The smallest absolute Gasteiger partial charge is 0.344 e. The van der Waals surface area contributed by atoms with Crippen LogP contribution in [-0.4, -0.2) is 18.7 Å². The monoisotopic (exact) mass is 692 g/mol.